The van der Waals surface area contributed by atoms with Crippen molar-refractivity contribution in [3.63, 3.8) is 0 Å². The lowest BCUT2D eigenvalue weighted by Crippen LogP contribution is -2.11. The van der Waals surface area contributed by atoms with E-state index in [1.54, 1.807) is 12.1 Å². The normalized spacial score (nSPS) is 10.4. The zero-order valence-corrected chi connectivity index (χ0v) is 16.8. The van der Waals surface area contributed by atoms with Crippen LogP contribution in [0.5, 0.6) is 0 Å². The molecular weight excluding hydrogens is 392 g/mol. The summed E-state index contributed by atoms with van der Waals surface area (Å²) >= 11 is 0. The lowest BCUT2D eigenvalue weighted by molar-refractivity contribution is -0.115. The summed E-state index contributed by atoms with van der Waals surface area (Å²) in [5, 5.41) is 13.2. The molecular formula is C20H20N4O6. The Bertz CT molecular complexity index is 950. The first-order valence-corrected chi connectivity index (χ1v) is 8.66. The fraction of sp³-hybridized carbons (Fsp3) is 0.200. The molecule has 10 heteroatoms. The van der Waals surface area contributed by atoms with Crippen molar-refractivity contribution < 1.29 is 28.7 Å². The number of carbonyl (C=O) groups is 4. The summed E-state index contributed by atoms with van der Waals surface area (Å²) in [5.41, 5.74) is 1.41. The van der Waals surface area contributed by atoms with Gasteiger partial charge in [-0.25, -0.2) is 9.59 Å². The van der Waals surface area contributed by atoms with Crippen molar-refractivity contribution in [1.82, 2.24) is 0 Å². The van der Waals surface area contributed by atoms with Gasteiger partial charge in [-0.05, 0) is 36.4 Å². The van der Waals surface area contributed by atoms with Crippen LogP contribution in [0, 0.1) is 0 Å². The summed E-state index contributed by atoms with van der Waals surface area (Å²) in [5.74, 6) is -1.99. The van der Waals surface area contributed by atoms with Gasteiger partial charge in [-0.3, -0.25) is 9.59 Å². The molecule has 156 valence electrons. The van der Waals surface area contributed by atoms with Gasteiger partial charge in [-0.2, -0.15) is 10.2 Å². The second kappa shape index (κ2) is 9.92. The van der Waals surface area contributed by atoms with E-state index in [0.29, 0.717) is 11.4 Å². The van der Waals surface area contributed by atoms with Gasteiger partial charge < -0.3 is 20.1 Å². The van der Waals surface area contributed by atoms with E-state index in [0.717, 1.165) is 0 Å². The summed E-state index contributed by atoms with van der Waals surface area (Å²) in [7, 11) is 2.44. The third-order valence-corrected chi connectivity index (χ3v) is 3.72. The largest absolute Gasteiger partial charge is 0.465 e. The van der Waals surface area contributed by atoms with Crippen molar-refractivity contribution >= 4 is 46.5 Å². The van der Waals surface area contributed by atoms with Crippen molar-refractivity contribution in [1.29, 1.82) is 0 Å². The molecule has 0 heterocycles. The van der Waals surface area contributed by atoms with Gasteiger partial charge in [0.15, 0.2) is 0 Å². The van der Waals surface area contributed by atoms with E-state index < -0.39 is 11.9 Å². The summed E-state index contributed by atoms with van der Waals surface area (Å²) in [6.07, 6.45) is 0. The molecule has 2 aromatic rings. The number of hydrogen-bond acceptors (Lipinski definition) is 8. The summed E-state index contributed by atoms with van der Waals surface area (Å²) in [6.45, 7) is 2.64. The van der Waals surface area contributed by atoms with Gasteiger partial charge in [0, 0.05) is 13.8 Å². The first kappa shape index (κ1) is 22.2. The number of carbonyl (C=O) groups excluding carboxylic acids is 4. The number of anilines is 2. The van der Waals surface area contributed by atoms with Gasteiger partial charge >= 0.3 is 11.9 Å². The minimum absolute atomic E-state index is 0.111. The lowest BCUT2D eigenvalue weighted by atomic mass is 10.1. The van der Waals surface area contributed by atoms with Crippen LogP contribution in [0.3, 0.4) is 0 Å². The van der Waals surface area contributed by atoms with Crippen LogP contribution in [0.4, 0.5) is 22.7 Å². The van der Waals surface area contributed by atoms with E-state index >= 15 is 0 Å². The van der Waals surface area contributed by atoms with Crippen LogP contribution in [0.15, 0.2) is 46.6 Å². The van der Waals surface area contributed by atoms with Crippen molar-refractivity contribution in [2.24, 2.45) is 10.2 Å². The molecule has 2 amide bonds. The number of methoxy groups -OCH3 is 2. The highest BCUT2D eigenvalue weighted by atomic mass is 16.5. The van der Waals surface area contributed by atoms with Gasteiger partial charge in [0.25, 0.3) is 0 Å². The molecule has 0 saturated heterocycles. The van der Waals surface area contributed by atoms with Gasteiger partial charge in [0.05, 0.1) is 48.1 Å². The van der Waals surface area contributed by atoms with Gasteiger partial charge in [0.2, 0.25) is 11.8 Å². The number of esters is 2. The first-order chi connectivity index (χ1) is 14.2. The summed E-state index contributed by atoms with van der Waals surface area (Å²) in [4.78, 5) is 46.6. The van der Waals surface area contributed by atoms with Crippen molar-refractivity contribution in [3.8, 4) is 0 Å². The minimum atomic E-state index is -0.650. The van der Waals surface area contributed by atoms with Gasteiger partial charge in [0.1, 0.15) is 0 Å². The number of amides is 2. The quantitative estimate of drug-likeness (QED) is 0.550. The number of hydrogen-bond donors (Lipinski definition) is 2. The Balaban J connectivity index is 2.38. The third-order valence-electron chi connectivity index (χ3n) is 3.72. The highest BCUT2D eigenvalue weighted by Gasteiger charge is 2.15. The van der Waals surface area contributed by atoms with Crippen LogP contribution in [0.2, 0.25) is 0 Å². The number of rotatable bonds is 6. The Morgan fingerprint density at radius 2 is 1.07 bits per heavy atom. The molecule has 0 radical (unpaired) electrons. The topological polar surface area (TPSA) is 136 Å². The van der Waals surface area contributed by atoms with Gasteiger partial charge in [-0.15, -0.1) is 0 Å². The molecule has 0 spiro atoms. The van der Waals surface area contributed by atoms with Crippen LogP contribution in [-0.4, -0.2) is 38.0 Å². The molecule has 30 heavy (non-hydrogen) atoms. The molecule has 0 aromatic heterocycles. The standard InChI is InChI=1S/C20H20N4O6/c1-11(25)21-17-7-5-13(9-15(17)19(27)29-3)23-24-14-6-8-18(22-12(2)26)16(10-14)20(28)30-4/h5-10H,1-4H3,(H,21,25)(H,22,26). The fourth-order valence-electron chi connectivity index (χ4n) is 2.46. The Labute approximate surface area is 172 Å². The number of ether oxygens (including phenoxy) is 2. The predicted octanol–water partition coefficient (Wildman–Crippen LogP) is 3.59. The van der Waals surface area contributed by atoms with E-state index in [4.69, 9.17) is 9.47 Å². The maximum atomic E-state index is 12.0. The first-order valence-electron chi connectivity index (χ1n) is 8.66. The minimum Gasteiger partial charge on any atom is -0.465 e. The smallest absolute Gasteiger partial charge is 0.340 e. The number of azo groups is 1. The highest BCUT2D eigenvalue weighted by Crippen LogP contribution is 2.27. The van der Waals surface area contributed by atoms with E-state index in [1.165, 1.54) is 52.3 Å². The molecule has 0 atom stereocenters. The van der Waals surface area contributed by atoms with E-state index in [2.05, 4.69) is 20.9 Å². The highest BCUT2D eigenvalue weighted by molar-refractivity contribution is 6.02. The van der Waals surface area contributed by atoms with E-state index in [1.807, 2.05) is 0 Å². The molecule has 0 aliphatic carbocycles. The van der Waals surface area contributed by atoms with Gasteiger partial charge in [-0.1, -0.05) is 0 Å². The Kier molecular flexibility index (Phi) is 7.34. The number of nitrogens with zero attached hydrogens (tertiary/aromatic N) is 2. The van der Waals surface area contributed by atoms with Crippen LogP contribution >= 0.6 is 0 Å². The molecule has 2 rings (SSSR count). The molecule has 10 nitrogen and oxygen atoms in total. The Morgan fingerprint density at radius 3 is 1.37 bits per heavy atom. The zero-order chi connectivity index (χ0) is 22.3. The SMILES string of the molecule is COC(=O)c1cc(N=Nc2ccc(NC(C)=O)c(C(=O)OC)c2)ccc1NC(C)=O. The average molecular weight is 412 g/mol. The van der Waals surface area contributed by atoms with Crippen molar-refractivity contribution in [2.45, 2.75) is 13.8 Å². The monoisotopic (exact) mass is 412 g/mol. The molecule has 0 bridgehead atoms. The number of nitrogens with one attached hydrogen (secondary N) is 2. The Morgan fingerprint density at radius 1 is 0.700 bits per heavy atom. The van der Waals surface area contributed by atoms with Crippen LogP contribution in [0.1, 0.15) is 34.6 Å². The second-order valence-corrected chi connectivity index (χ2v) is 6.01. The molecule has 2 aromatic carbocycles. The zero-order valence-electron chi connectivity index (χ0n) is 16.8. The maximum absolute atomic E-state index is 12.0. The van der Waals surface area contributed by atoms with Crippen molar-refractivity contribution in [2.75, 3.05) is 24.9 Å². The molecule has 0 unspecified atom stereocenters. The van der Waals surface area contributed by atoms with Crippen LogP contribution in [0.25, 0.3) is 0 Å². The van der Waals surface area contributed by atoms with E-state index in [-0.39, 0.29) is 34.3 Å². The summed E-state index contributed by atoms with van der Waals surface area (Å²) < 4.78 is 9.45. The third kappa shape index (κ3) is 5.71. The molecule has 0 aliphatic rings. The molecule has 2 N–H and O–H groups in total. The van der Waals surface area contributed by atoms with E-state index in [9.17, 15) is 19.2 Å². The second-order valence-electron chi connectivity index (χ2n) is 6.01. The fourth-order valence-corrected chi connectivity index (χ4v) is 2.46. The molecule has 0 aliphatic heterocycles. The summed E-state index contributed by atoms with van der Waals surface area (Å²) in [6, 6.07) is 8.92. The number of benzene rings is 2. The molecule has 0 saturated carbocycles. The lowest BCUT2D eigenvalue weighted by Gasteiger charge is -2.09. The molecule has 0 fully saturated rings. The maximum Gasteiger partial charge on any atom is 0.340 e. The van der Waals surface area contributed by atoms with Crippen LogP contribution in [-0.2, 0) is 19.1 Å². The van der Waals surface area contributed by atoms with Crippen LogP contribution < -0.4 is 10.6 Å². The average Bonchev–Trinajstić information content (AvgIpc) is 2.71. The Hall–Kier alpha value is -4.08. The van der Waals surface area contributed by atoms with Crippen molar-refractivity contribution in [3.05, 3.63) is 47.5 Å². The predicted molar refractivity (Wildman–Crippen MR) is 108 cm³/mol.